The number of aliphatic hydroxyl groups is 2. The molecule has 17 heteroatoms. The molecule has 0 unspecified atom stereocenters. The SMILES string of the molecule is C=C1N[C@H]2[C@H](CN3C(=O)CCC3=O)N=C(NC(=O)OCC(Cl)(Cl)Cl)N3C[C@H](NC(=O)c4ccccc4)C(O)(O)[C@]23N1. The van der Waals surface area contributed by atoms with Crippen molar-refractivity contribution in [1.82, 2.24) is 31.1 Å². The van der Waals surface area contributed by atoms with Gasteiger partial charge in [-0.05, 0) is 12.1 Å². The normalized spacial score (nSPS) is 28.4. The maximum atomic E-state index is 13.0. The number of benzene rings is 1. The van der Waals surface area contributed by atoms with Gasteiger partial charge in [0.1, 0.15) is 12.6 Å². The Hall–Kier alpha value is -3.30. The number of aliphatic imine (C=N–C) groups is 1. The van der Waals surface area contributed by atoms with E-state index in [1.807, 2.05) is 0 Å². The molecular weight excluding hydrogens is 605 g/mol. The third-order valence-corrected chi connectivity index (χ3v) is 7.66. The molecule has 3 saturated heterocycles. The quantitative estimate of drug-likeness (QED) is 0.141. The standard InChI is InChI=1S/C24H26Cl3N7O7/c1-12-28-18-14(9-33-16(35)7-8-17(33)36)29-20(31-21(38)41-11-22(25,26)27)34-10-15(24(39,40)23(18,34)32-12)30-19(37)13-5-3-2-4-6-13/h2-6,14-15,18,28,32,39-40H,1,7-11H2,(H,30,37)(H,29,31,38)/t14-,15-,18-,23-/m0/s1. The van der Waals surface area contributed by atoms with Crippen LogP contribution < -0.4 is 21.3 Å². The Morgan fingerprint density at radius 2 is 1.83 bits per heavy atom. The van der Waals surface area contributed by atoms with Gasteiger partial charge in [0.25, 0.3) is 5.91 Å². The number of guanidine groups is 1. The predicted molar refractivity (Wildman–Crippen MR) is 145 cm³/mol. The summed E-state index contributed by atoms with van der Waals surface area (Å²) in [6.45, 7) is 2.74. The van der Waals surface area contributed by atoms with E-state index in [2.05, 4.69) is 32.8 Å². The number of likely N-dealkylation sites (tertiary alicyclic amines) is 1. The average Bonchev–Trinajstić information content (AvgIpc) is 3.50. The van der Waals surface area contributed by atoms with E-state index < -0.39 is 63.8 Å². The molecule has 1 aromatic rings. The first kappa shape index (κ1) is 29.2. The summed E-state index contributed by atoms with van der Waals surface area (Å²) in [5.41, 5.74) is -1.62. The molecule has 0 saturated carbocycles. The summed E-state index contributed by atoms with van der Waals surface area (Å²) in [5.74, 6) is -4.19. The maximum Gasteiger partial charge on any atom is 0.414 e. The van der Waals surface area contributed by atoms with Gasteiger partial charge in [-0.15, -0.1) is 0 Å². The van der Waals surface area contributed by atoms with E-state index in [0.29, 0.717) is 0 Å². The molecule has 0 aromatic heterocycles. The number of carbonyl (C=O) groups excluding carboxylic acids is 4. The Labute approximate surface area is 248 Å². The maximum absolute atomic E-state index is 13.0. The molecule has 14 nitrogen and oxygen atoms in total. The number of rotatable bonds is 5. The number of imide groups is 1. The number of carbonyl (C=O) groups is 4. The van der Waals surface area contributed by atoms with Crippen LogP contribution in [0.5, 0.6) is 0 Å². The van der Waals surface area contributed by atoms with Crippen LogP contribution in [0.25, 0.3) is 0 Å². The predicted octanol–water partition coefficient (Wildman–Crippen LogP) is -0.506. The first-order valence-electron chi connectivity index (χ1n) is 12.5. The molecule has 5 rings (SSSR count). The van der Waals surface area contributed by atoms with Crippen molar-refractivity contribution in [2.24, 2.45) is 4.99 Å². The highest BCUT2D eigenvalue weighted by molar-refractivity contribution is 6.67. The minimum absolute atomic E-state index is 0.0293. The van der Waals surface area contributed by atoms with Gasteiger partial charge in [-0.2, -0.15) is 0 Å². The number of alkyl carbamates (subject to hydrolysis) is 1. The van der Waals surface area contributed by atoms with E-state index in [1.54, 1.807) is 30.3 Å². The van der Waals surface area contributed by atoms with Gasteiger partial charge in [0.05, 0.1) is 24.4 Å². The first-order chi connectivity index (χ1) is 19.2. The van der Waals surface area contributed by atoms with Crippen LogP contribution in [-0.4, -0.2) is 103 Å². The van der Waals surface area contributed by atoms with Gasteiger partial charge in [-0.25, -0.2) is 9.79 Å². The molecule has 4 amide bonds. The molecule has 4 atom stereocenters. The number of nitrogens with zero attached hydrogens (tertiary/aromatic N) is 3. The topological polar surface area (TPSA) is 185 Å². The van der Waals surface area contributed by atoms with Crippen LogP contribution in [0.4, 0.5) is 4.79 Å². The lowest BCUT2D eigenvalue weighted by molar-refractivity contribution is -0.231. The minimum atomic E-state index is -2.73. The third-order valence-electron chi connectivity index (χ3n) is 7.33. The fourth-order valence-electron chi connectivity index (χ4n) is 5.55. The van der Waals surface area contributed by atoms with Crippen LogP contribution in [0, 0.1) is 0 Å². The summed E-state index contributed by atoms with van der Waals surface area (Å²) in [6, 6.07) is 4.79. The number of hydrogen-bond acceptors (Lipinski definition) is 11. The lowest BCUT2D eigenvalue weighted by Gasteiger charge is -2.49. The lowest BCUT2D eigenvalue weighted by atomic mass is 9.85. The third kappa shape index (κ3) is 5.26. The molecule has 0 aliphatic carbocycles. The molecule has 41 heavy (non-hydrogen) atoms. The monoisotopic (exact) mass is 629 g/mol. The van der Waals surface area contributed by atoms with E-state index in [4.69, 9.17) is 39.5 Å². The van der Waals surface area contributed by atoms with Crippen LogP contribution in [-0.2, 0) is 14.3 Å². The Balaban J connectivity index is 1.51. The molecule has 220 valence electrons. The minimum Gasteiger partial charge on any atom is -0.445 e. The molecule has 4 heterocycles. The second-order valence-electron chi connectivity index (χ2n) is 9.96. The number of alkyl halides is 3. The second-order valence-corrected chi connectivity index (χ2v) is 12.5. The fourth-order valence-corrected chi connectivity index (χ4v) is 5.72. The van der Waals surface area contributed by atoms with E-state index in [9.17, 15) is 29.4 Å². The van der Waals surface area contributed by atoms with E-state index in [-0.39, 0.29) is 43.3 Å². The van der Waals surface area contributed by atoms with E-state index in [0.717, 1.165) is 4.90 Å². The van der Waals surface area contributed by atoms with Crippen LogP contribution >= 0.6 is 34.8 Å². The van der Waals surface area contributed by atoms with Gasteiger partial charge < -0.3 is 35.8 Å². The number of halogens is 3. The van der Waals surface area contributed by atoms with Crippen molar-refractivity contribution in [2.75, 3.05) is 19.7 Å². The van der Waals surface area contributed by atoms with Crippen LogP contribution in [0.1, 0.15) is 23.2 Å². The summed E-state index contributed by atoms with van der Waals surface area (Å²) in [6.07, 6.45) is -1.03. The summed E-state index contributed by atoms with van der Waals surface area (Å²) >= 11 is 17.0. The van der Waals surface area contributed by atoms with Crippen LogP contribution in [0.2, 0.25) is 0 Å². The summed E-state index contributed by atoms with van der Waals surface area (Å²) in [4.78, 5) is 57.5. The Morgan fingerprint density at radius 1 is 1.17 bits per heavy atom. The summed E-state index contributed by atoms with van der Waals surface area (Å²) < 4.78 is 3.07. The molecule has 0 radical (unpaired) electrons. The molecule has 6 N–H and O–H groups in total. The van der Waals surface area contributed by atoms with Gasteiger partial charge in [-0.3, -0.25) is 24.6 Å². The van der Waals surface area contributed by atoms with Crippen molar-refractivity contribution in [3.63, 3.8) is 0 Å². The average molecular weight is 631 g/mol. The number of nitrogens with one attached hydrogen (secondary N) is 4. The molecule has 3 fully saturated rings. The second kappa shape index (κ2) is 10.5. The lowest BCUT2D eigenvalue weighted by Crippen LogP contribution is -2.78. The van der Waals surface area contributed by atoms with Crippen molar-refractivity contribution >= 4 is 64.6 Å². The zero-order valence-electron chi connectivity index (χ0n) is 21.3. The van der Waals surface area contributed by atoms with Crippen LogP contribution in [0.3, 0.4) is 0 Å². The Morgan fingerprint density at radius 3 is 2.46 bits per heavy atom. The summed E-state index contributed by atoms with van der Waals surface area (Å²) in [5, 5.41) is 34.5. The van der Waals surface area contributed by atoms with Gasteiger partial charge in [0, 0.05) is 24.9 Å². The van der Waals surface area contributed by atoms with Crippen molar-refractivity contribution < 1.29 is 34.1 Å². The zero-order chi connectivity index (χ0) is 29.7. The molecule has 4 aliphatic heterocycles. The molecule has 4 aliphatic rings. The highest BCUT2D eigenvalue weighted by Crippen LogP contribution is 2.45. The number of hydrogen-bond donors (Lipinski definition) is 6. The largest absolute Gasteiger partial charge is 0.445 e. The van der Waals surface area contributed by atoms with Gasteiger partial charge in [0.2, 0.25) is 27.4 Å². The van der Waals surface area contributed by atoms with E-state index >= 15 is 0 Å². The van der Waals surface area contributed by atoms with Crippen molar-refractivity contribution in [1.29, 1.82) is 0 Å². The highest BCUT2D eigenvalue weighted by atomic mass is 35.6. The Bertz CT molecular complexity index is 1310. The molecular formula is C24H26Cl3N7O7. The molecule has 1 aromatic carbocycles. The Kier molecular flexibility index (Phi) is 7.49. The highest BCUT2D eigenvalue weighted by Gasteiger charge is 2.74. The van der Waals surface area contributed by atoms with Crippen LogP contribution in [0.15, 0.2) is 47.7 Å². The van der Waals surface area contributed by atoms with E-state index in [1.165, 1.54) is 4.90 Å². The van der Waals surface area contributed by atoms with Crippen molar-refractivity contribution in [3.05, 3.63) is 48.3 Å². The van der Waals surface area contributed by atoms with Gasteiger partial charge in [0.15, 0.2) is 5.66 Å². The van der Waals surface area contributed by atoms with Gasteiger partial charge in [-0.1, -0.05) is 59.6 Å². The zero-order valence-corrected chi connectivity index (χ0v) is 23.5. The van der Waals surface area contributed by atoms with Gasteiger partial charge >= 0.3 is 6.09 Å². The fraction of sp³-hybridized carbons (Fsp3) is 0.458. The number of ether oxygens (including phenoxy) is 1. The molecule has 0 bridgehead atoms. The number of amides is 4. The van der Waals surface area contributed by atoms with Crippen molar-refractivity contribution in [3.8, 4) is 0 Å². The smallest absolute Gasteiger partial charge is 0.414 e. The summed E-state index contributed by atoms with van der Waals surface area (Å²) in [7, 11) is 0. The van der Waals surface area contributed by atoms with Crippen molar-refractivity contribution in [2.45, 2.75) is 46.2 Å². The molecule has 1 spiro atoms. The first-order valence-corrected chi connectivity index (χ1v) is 13.6.